The lowest BCUT2D eigenvalue weighted by atomic mass is 10.1. The van der Waals surface area contributed by atoms with Crippen molar-refractivity contribution in [3.05, 3.63) is 33.3 Å². The molecule has 18 heavy (non-hydrogen) atoms. The van der Waals surface area contributed by atoms with Crippen LogP contribution in [0.4, 0.5) is 0 Å². The Hall–Kier alpha value is -0.380. The zero-order valence-corrected chi connectivity index (χ0v) is 13.4. The summed E-state index contributed by atoms with van der Waals surface area (Å²) >= 11 is 9.43. The number of benzene rings is 1. The molecular weight excluding hydrogens is 314 g/mol. The predicted molar refractivity (Wildman–Crippen MR) is 80.2 cm³/mol. The maximum Gasteiger partial charge on any atom is 0.138 e. The summed E-state index contributed by atoms with van der Waals surface area (Å²) in [5.74, 6) is 0.205. The van der Waals surface area contributed by atoms with Gasteiger partial charge in [-0.3, -0.25) is 4.79 Å². The van der Waals surface area contributed by atoms with E-state index in [-0.39, 0.29) is 11.3 Å². The Labute approximate surface area is 122 Å². The topological polar surface area (TPSA) is 29.1 Å². The van der Waals surface area contributed by atoms with Crippen LogP contribution in [0.1, 0.15) is 32.8 Å². The van der Waals surface area contributed by atoms with Gasteiger partial charge in [0.1, 0.15) is 5.78 Å². The van der Waals surface area contributed by atoms with Crippen LogP contribution in [0.25, 0.3) is 0 Å². The van der Waals surface area contributed by atoms with Gasteiger partial charge in [0.25, 0.3) is 0 Å². The van der Waals surface area contributed by atoms with Crippen LogP contribution in [0, 0.1) is 0 Å². The van der Waals surface area contributed by atoms with Crippen molar-refractivity contribution in [2.24, 2.45) is 0 Å². The zero-order chi connectivity index (χ0) is 13.8. The van der Waals surface area contributed by atoms with Gasteiger partial charge in [-0.2, -0.15) is 0 Å². The number of rotatable bonds is 5. The van der Waals surface area contributed by atoms with E-state index in [4.69, 9.17) is 11.6 Å². The van der Waals surface area contributed by atoms with E-state index in [1.807, 2.05) is 18.2 Å². The van der Waals surface area contributed by atoms with E-state index in [0.717, 1.165) is 10.0 Å². The van der Waals surface area contributed by atoms with Crippen LogP contribution in [-0.2, 0) is 11.2 Å². The fourth-order valence-corrected chi connectivity index (χ4v) is 2.28. The summed E-state index contributed by atoms with van der Waals surface area (Å²) in [5, 5.41) is 3.94. The minimum absolute atomic E-state index is 0.0511. The van der Waals surface area contributed by atoms with E-state index in [1.54, 1.807) is 0 Å². The maximum absolute atomic E-state index is 11.8. The molecule has 1 N–H and O–H groups in total. The molecule has 0 aliphatic rings. The molecule has 1 aromatic rings. The van der Waals surface area contributed by atoms with Crippen molar-refractivity contribution < 1.29 is 4.79 Å². The van der Waals surface area contributed by atoms with Crippen molar-refractivity contribution >= 4 is 33.3 Å². The third kappa shape index (κ3) is 5.98. The molecule has 0 aliphatic carbocycles. The average molecular weight is 333 g/mol. The van der Waals surface area contributed by atoms with Crippen LogP contribution in [0.3, 0.4) is 0 Å². The highest BCUT2D eigenvalue weighted by atomic mass is 79.9. The molecule has 0 saturated carbocycles. The van der Waals surface area contributed by atoms with Gasteiger partial charge >= 0.3 is 0 Å². The molecule has 100 valence electrons. The Balaban J connectivity index is 2.45. The van der Waals surface area contributed by atoms with Gasteiger partial charge < -0.3 is 5.32 Å². The van der Waals surface area contributed by atoms with Gasteiger partial charge in [0.2, 0.25) is 0 Å². The first-order valence-electron chi connectivity index (χ1n) is 5.98. The third-order valence-corrected chi connectivity index (χ3v) is 3.31. The molecule has 0 amide bonds. The molecule has 0 unspecified atom stereocenters. The Morgan fingerprint density at radius 1 is 1.39 bits per heavy atom. The summed E-state index contributed by atoms with van der Waals surface area (Å²) < 4.78 is 0.929. The molecule has 0 aliphatic heterocycles. The fraction of sp³-hybridized carbons (Fsp3) is 0.500. The summed E-state index contributed by atoms with van der Waals surface area (Å²) in [4.78, 5) is 11.8. The molecule has 1 rings (SSSR count). The number of nitrogens with one attached hydrogen (secondary N) is 1. The fourth-order valence-electron chi connectivity index (χ4n) is 1.54. The van der Waals surface area contributed by atoms with E-state index in [2.05, 4.69) is 42.0 Å². The molecule has 0 atom stereocenters. The number of hydrogen-bond donors (Lipinski definition) is 1. The largest absolute Gasteiger partial charge is 0.312 e. The van der Waals surface area contributed by atoms with Gasteiger partial charge in [0.05, 0.1) is 0 Å². The monoisotopic (exact) mass is 331 g/mol. The normalized spacial score (nSPS) is 11.6. The van der Waals surface area contributed by atoms with Crippen LogP contribution < -0.4 is 5.32 Å². The highest BCUT2D eigenvalue weighted by Gasteiger charge is 2.11. The van der Waals surface area contributed by atoms with E-state index >= 15 is 0 Å². The highest BCUT2D eigenvalue weighted by Crippen LogP contribution is 2.22. The van der Waals surface area contributed by atoms with Crippen molar-refractivity contribution in [1.29, 1.82) is 0 Å². The van der Waals surface area contributed by atoms with Crippen LogP contribution >= 0.6 is 27.5 Å². The molecule has 2 nitrogen and oxygen atoms in total. The maximum atomic E-state index is 11.8. The minimum atomic E-state index is 0.0511. The van der Waals surface area contributed by atoms with E-state index < -0.39 is 0 Å². The highest BCUT2D eigenvalue weighted by molar-refractivity contribution is 9.10. The number of carbonyl (C=O) groups excluding carboxylic acids is 1. The first-order valence-corrected chi connectivity index (χ1v) is 7.16. The Kier molecular flexibility index (Phi) is 5.83. The molecule has 0 spiro atoms. The second-order valence-electron chi connectivity index (χ2n) is 5.38. The van der Waals surface area contributed by atoms with Gasteiger partial charge in [0.15, 0.2) is 0 Å². The summed E-state index contributed by atoms with van der Waals surface area (Å²) in [6.07, 6.45) is 0.932. The van der Waals surface area contributed by atoms with Gasteiger partial charge in [-0.1, -0.05) is 33.6 Å². The first-order chi connectivity index (χ1) is 8.28. The van der Waals surface area contributed by atoms with Gasteiger partial charge in [0, 0.05) is 34.4 Å². The second kappa shape index (κ2) is 6.69. The van der Waals surface area contributed by atoms with Crippen molar-refractivity contribution in [3.63, 3.8) is 0 Å². The third-order valence-electron chi connectivity index (χ3n) is 2.46. The SMILES string of the molecule is CC(C)(C)NCCC(=O)Cc1ccc(Br)cc1Cl. The van der Waals surface area contributed by atoms with Crippen LogP contribution in [0.2, 0.25) is 5.02 Å². The van der Waals surface area contributed by atoms with Gasteiger partial charge in [-0.05, 0) is 38.5 Å². The quantitative estimate of drug-likeness (QED) is 0.883. The number of carbonyl (C=O) groups is 1. The lowest BCUT2D eigenvalue weighted by molar-refractivity contribution is -0.118. The van der Waals surface area contributed by atoms with Crippen molar-refractivity contribution in [1.82, 2.24) is 5.32 Å². The van der Waals surface area contributed by atoms with Gasteiger partial charge in [-0.15, -0.1) is 0 Å². The van der Waals surface area contributed by atoms with Crippen LogP contribution in [-0.4, -0.2) is 17.9 Å². The number of hydrogen-bond acceptors (Lipinski definition) is 2. The van der Waals surface area contributed by atoms with Crippen molar-refractivity contribution in [3.8, 4) is 0 Å². The summed E-state index contributed by atoms with van der Waals surface area (Å²) in [7, 11) is 0. The molecule has 0 bridgehead atoms. The minimum Gasteiger partial charge on any atom is -0.312 e. The van der Waals surface area contributed by atoms with Crippen LogP contribution in [0.15, 0.2) is 22.7 Å². The lowest BCUT2D eigenvalue weighted by Crippen LogP contribution is -2.37. The summed E-state index contributed by atoms with van der Waals surface area (Å²) in [6, 6.07) is 5.61. The molecule has 0 radical (unpaired) electrons. The number of Topliss-reactive ketones (excluding diaryl/α,β-unsaturated/α-hetero) is 1. The summed E-state index contributed by atoms with van der Waals surface area (Å²) in [5.41, 5.74) is 0.941. The smallest absolute Gasteiger partial charge is 0.138 e. The molecule has 0 fully saturated rings. The molecule has 4 heteroatoms. The van der Waals surface area contributed by atoms with E-state index in [9.17, 15) is 4.79 Å². The molecule has 0 aromatic heterocycles. The van der Waals surface area contributed by atoms with E-state index in [1.165, 1.54) is 0 Å². The Bertz CT molecular complexity index is 426. The molecule has 0 heterocycles. The molecule has 0 saturated heterocycles. The summed E-state index contributed by atoms with van der Waals surface area (Å²) in [6.45, 7) is 6.96. The molecule has 1 aromatic carbocycles. The van der Waals surface area contributed by atoms with Crippen molar-refractivity contribution in [2.45, 2.75) is 39.2 Å². The zero-order valence-electron chi connectivity index (χ0n) is 11.0. The van der Waals surface area contributed by atoms with Crippen molar-refractivity contribution in [2.75, 3.05) is 6.54 Å². The second-order valence-corrected chi connectivity index (χ2v) is 6.70. The Morgan fingerprint density at radius 3 is 2.61 bits per heavy atom. The van der Waals surface area contributed by atoms with Gasteiger partial charge in [-0.25, -0.2) is 0 Å². The van der Waals surface area contributed by atoms with E-state index in [0.29, 0.717) is 24.4 Å². The molecular formula is C14H19BrClNO. The standard InChI is InChI=1S/C14H19BrClNO/c1-14(2,3)17-7-6-12(18)8-10-4-5-11(15)9-13(10)16/h4-5,9,17H,6-8H2,1-3H3. The van der Waals surface area contributed by atoms with Crippen LogP contribution in [0.5, 0.6) is 0 Å². The number of halogens is 2. The number of ketones is 1. The first kappa shape index (κ1) is 15.7. The predicted octanol–water partition coefficient (Wildman–Crippen LogP) is 3.99. The lowest BCUT2D eigenvalue weighted by Gasteiger charge is -2.20. The Morgan fingerprint density at radius 2 is 2.06 bits per heavy atom. The average Bonchev–Trinajstić information content (AvgIpc) is 2.20.